The van der Waals surface area contributed by atoms with Crippen molar-refractivity contribution in [3.8, 4) is 17.5 Å². The minimum absolute atomic E-state index is 0.00729. The van der Waals surface area contributed by atoms with Crippen LogP contribution in [-0.4, -0.2) is 27.8 Å². The first kappa shape index (κ1) is 20.1. The Kier molecular flexibility index (Phi) is 6.21. The second-order valence-electron chi connectivity index (χ2n) is 4.94. The van der Waals surface area contributed by atoms with Crippen LogP contribution in [0.25, 0.3) is 0 Å². The summed E-state index contributed by atoms with van der Waals surface area (Å²) in [5.74, 6) is -0.506. The Hall–Kier alpha value is -2.17. The minimum atomic E-state index is -4.62. The van der Waals surface area contributed by atoms with E-state index in [4.69, 9.17) is 9.47 Å². The van der Waals surface area contributed by atoms with Gasteiger partial charge in [-0.1, -0.05) is 0 Å². The molecule has 4 nitrogen and oxygen atoms in total. The molecule has 0 bridgehead atoms. The highest BCUT2D eigenvalue weighted by molar-refractivity contribution is 8.00. The summed E-state index contributed by atoms with van der Waals surface area (Å²) in [6.45, 7) is 1.41. The van der Waals surface area contributed by atoms with Crippen LogP contribution in [0.4, 0.5) is 26.3 Å². The summed E-state index contributed by atoms with van der Waals surface area (Å²) in [6, 6.07) is 4.86. The molecule has 0 aliphatic rings. The van der Waals surface area contributed by atoms with Gasteiger partial charge in [-0.2, -0.15) is 31.3 Å². The zero-order valence-electron chi connectivity index (χ0n) is 13.2. The Morgan fingerprint density at radius 3 is 2.38 bits per heavy atom. The fraction of sp³-hybridized carbons (Fsp3) is 0.333. The standard InChI is InChI=1S/C15H12F6N2O2S/c1-9-6-12(24-4-5-26-15(19,20)21)23-13(7-9)25-10-2-3-22-11(8-10)14(16,17)18/h2-3,6-8H,4-5H2,1H3. The summed E-state index contributed by atoms with van der Waals surface area (Å²) in [6.07, 6.45) is -3.68. The van der Waals surface area contributed by atoms with E-state index in [0.717, 1.165) is 6.20 Å². The van der Waals surface area contributed by atoms with Crippen LogP contribution in [0.3, 0.4) is 0 Å². The van der Waals surface area contributed by atoms with Gasteiger partial charge in [0.1, 0.15) is 11.4 Å². The second-order valence-corrected chi connectivity index (χ2v) is 6.10. The highest BCUT2D eigenvalue weighted by atomic mass is 32.2. The fourth-order valence-electron chi connectivity index (χ4n) is 1.78. The molecule has 0 fully saturated rings. The van der Waals surface area contributed by atoms with Crippen LogP contribution in [0.1, 0.15) is 11.3 Å². The average molecular weight is 398 g/mol. The Morgan fingerprint density at radius 1 is 1.04 bits per heavy atom. The number of alkyl halides is 6. The monoisotopic (exact) mass is 398 g/mol. The maximum atomic E-state index is 12.7. The lowest BCUT2D eigenvalue weighted by Gasteiger charge is -2.11. The molecule has 11 heteroatoms. The molecule has 2 heterocycles. The molecular formula is C15H12F6N2O2S. The number of pyridine rings is 2. The van der Waals surface area contributed by atoms with Gasteiger partial charge in [0.2, 0.25) is 11.8 Å². The van der Waals surface area contributed by atoms with E-state index in [2.05, 4.69) is 9.97 Å². The van der Waals surface area contributed by atoms with Gasteiger partial charge in [0.05, 0.1) is 6.61 Å². The van der Waals surface area contributed by atoms with Crippen LogP contribution >= 0.6 is 11.8 Å². The van der Waals surface area contributed by atoms with Crippen molar-refractivity contribution >= 4 is 11.8 Å². The molecule has 0 aromatic carbocycles. The number of thioether (sulfide) groups is 1. The molecule has 0 amide bonds. The van der Waals surface area contributed by atoms with Crippen LogP contribution in [0.15, 0.2) is 30.5 Å². The van der Waals surface area contributed by atoms with Gasteiger partial charge < -0.3 is 9.47 Å². The fourth-order valence-corrected chi connectivity index (χ4v) is 2.18. The number of halogens is 6. The van der Waals surface area contributed by atoms with Gasteiger partial charge in [0.15, 0.2) is 0 Å². The number of aryl methyl sites for hydroxylation is 1. The van der Waals surface area contributed by atoms with Crippen LogP contribution in [0, 0.1) is 6.92 Å². The topological polar surface area (TPSA) is 44.2 Å². The molecule has 0 spiro atoms. The molecule has 0 saturated heterocycles. The molecule has 0 atom stereocenters. The van der Waals surface area contributed by atoms with Crippen molar-refractivity contribution in [2.45, 2.75) is 18.6 Å². The van der Waals surface area contributed by atoms with Crippen LogP contribution in [0.2, 0.25) is 0 Å². The molecule has 0 unspecified atom stereocenters. The summed E-state index contributed by atoms with van der Waals surface area (Å²) >= 11 is -0.230. The van der Waals surface area contributed by atoms with Crippen molar-refractivity contribution in [3.63, 3.8) is 0 Å². The van der Waals surface area contributed by atoms with Crippen molar-refractivity contribution in [1.82, 2.24) is 9.97 Å². The first-order valence-corrected chi connectivity index (χ1v) is 8.05. The minimum Gasteiger partial charge on any atom is -0.477 e. The van der Waals surface area contributed by atoms with Crippen molar-refractivity contribution < 1.29 is 35.8 Å². The van der Waals surface area contributed by atoms with Gasteiger partial charge in [-0.25, -0.2) is 0 Å². The first-order valence-electron chi connectivity index (χ1n) is 7.06. The molecule has 142 valence electrons. The third-order valence-corrected chi connectivity index (χ3v) is 3.46. The van der Waals surface area contributed by atoms with E-state index in [9.17, 15) is 26.3 Å². The van der Waals surface area contributed by atoms with Gasteiger partial charge in [-0.15, -0.1) is 0 Å². The summed E-state index contributed by atoms with van der Waals surface area (Å²) < 4.78 is 84.5. The normalized spacial score (nSPS) is 12.1. The zero-order valence-corrected chi connectivity index (χ0v) is 14.0. The number of aromatic nitrogens is 2. The molecule has 2 aromatic heterocycles. The third-order valence-electron chi connectivity index (χ3n) is 2.77. The summed E-state index contributed by atoms with van der Waals surface area (Å²) in [5.41, 5.74) is -4.86. The summed E-state index contributed by atoms with van der Waals surface area (Å²) in [5, 5.41) is 0. The van der Waals surface area contributed by atoms with Crippen LogP contribution in [-0.2, 0) is 6.18 Å². The molecule has 0 N–H and O–H groups in total. The van der Waals surface area contributed by atoms with Crippen molar-refractivity contribution in [2.24, 2.45) is 0 Å². The lowest BCUT2D eigenvalue weighted by Crippen LogP contribution is -2.08. The Morgan fingerprint density at radius 2 is 1.73 bits per heavy atom. The lowest BCUT2D eigenvalue weighted by atomic mass is 10.3. The molecule has 2 rings (SSSR count). The smallest absolute Gasteiger partial charge is 0.441 e. The predicted molar refractivity (Wildman–Crippen MR) is 82.3 cm³/mol. The summed E-state index contributed by atoms with van der Waals surface area (Å²) in [4.78, 5) is 7.13. The lowest BCUT2D eigenvalue weighted by molar-refractivity contribution is -0.141. The van der Waals surface area contributed by atoms with E-state index in [-0.39, 0.29) is 41.6 Å². The number of hydrogen-bond acceptors (Lipinski definition) is 5. The van der Waals surface area contributed by atoms with Gasteiger partial charge in [-0.3, -0.25) is 4.98 Å². The van der Waals surface area contributed by atoms with Crippen molar-refractivity contribution in [3.05, 3.63) is 41.7 Å². The van der Waals surface area contributed by atoms with Crippen molar-refractivity contribution in [2.75, 3.05) is 12.4 Å². The van der Waals surface area contributed by atoms with Gasteiger partial charge in [-0.05, 0) is 30.3 Å². The van der Waals surface area contributed by atoms with E-state index in [1.165, 1.54) is 18.2 Å². The number of rotatable bonds is 6. The Balaban J connectivity index is 2.05. The first-order chi connectivity index (χ1) is 12.0. The quantitative estimate of drug-likeness (QED) is 0.493. The molecule has 26 heavy (non-hydrogen) atoms. The molecule has 2 aromatic rings. The average Bonchev–Trinajstić information content (AvgIpc) is 2.50. The number of nitrogens with zero attached hydrogens (tertiary/aromatic N) is 2. The molecule has 0 radical (unpaired) electrons. The van der Waals surface area contributed by atoms with Crippen LogP contribution in [0.5, 0.6) is 17.5 Å². The van der Waals surface area contributed by atoms with E-state index in [1.807, 2.05) is 0 Å². The van der Waals surface area contributed by atoms with Crippen LogP contribution < -0.4 is 9.47 Å². The predicted octanol–water partition coefficient (Wildman–Crippen LogP) is 5.23. The number of hydrogen-bond donors (Lipinski definition) is 0. The molecular weight excluding hydrogens is 386 g/mol. The van der Waals surface area contributed by atoms with E-state index < -0.39 is 17.4 Å². The number of ether oxygens (including phenoxy) is 2. The van der Waals surface area contributed by atoms with Gasteiger partial charge in [0, 0.05) is 30.1 Å². The van der Waals surface area contributed by atoms with E-state index >= 15 is 0 Å². The van der Waals surface area contributed by atoms with Gasteiger partial charge >= 0.3 is 11.7 Å². The van der Waals surface area contributed by atoms with Gasteiger partial charge in [0.25, 0.3) is 0 Å². The second kappa shape index (κ2) is 8.02. The molecule has 0 aliphatic carbocycles. The zero-order chi connectivity index (χ0) is 19.4. The highest BCUT2D eigenvalue weighted by Gasteiger charge is 2.32. The maximum Gasteiger partial charge on any atom is 0.441 e. The third kappa shape index (κ3) is 6.62. The SMILES string of the molecule is Cc1cc(OCCSC(F)(F)F)nc(Oc2ccnc(C(F)(F)F)c2)c1. The van der Waals surface area contributed by atoms with Crippen molar-refractivity contribution in [1.29, 1.82) is 0 Å². The highest BCUT2D eigenvalue weighted by Crippen LogP contribution is 2.32. The largest absolute Gasteiger partial charge is 0.477 e. The Bertz CT molecular complexity index is 752. The summed E-state index contributed by atoms with van der Waals surface area (Å²) in [7, 11) is 0. The molecule has 0 aliphatic heterocycles. The Labute approximate surface area is 148 Å². The molecule has 0 saturated carbocycles. The van der Waals surface area contributed by atoms with E-state index in [1.54, 1.807) is 6.92 Å². The maximum absolute atomic E-state index is 12.7. The van der Waals surface area contributed by atoms with E-state index in [0.29, 0.717) is 11.6 Å².